The molecule has 0 amide bonds. The van der Waals surface area contributed by atoms with Gasteiger partial charge in [0.1, 0.15) is 4.90 Å². The average molecular weight is 320 g/mol. The third-order valence-electron chi connectivity index (χ3n) is 2.96. The molecule has 0 spiro atoms. The number of aryl methyl sites for hydroxylation is 1. The highest BCUT2D eigenvalue weighted by Crippen LogP contribution is 2.25. The predicted octanol–water partition coefficient (Wildman–Crippen LogP) is 2.72. The Kier molecular flexibility index (Phi) is 5.61. The van der Waals surface area contributed by atoms with Crippen LogP contribution in [-0.2, 0) is 10.0 Å². The number of hydrogen-bond donors (Lipinski definition) is 2. The Bertz CT molecular complexity index is 568. The van der Waals surface area contributed by atoms with Crippen molar-refractivity contribution in [2.24, 2.45) is 5.41 Å². The summed E-state index contributed by atoms with van der Waals surface area (Å²) >= 11 is 5.96. The summed E-state index contributed by atoms with van der Waals surface area (Å²) < 4.78 is 27.1. The second-order valence-corrected chi connectivity index (χ2v) is 8.12. The van der Waals surface area contributed by atoms with Gasteiger partial charge in [0.25, 0.3) is 0 Å². The first-order valence-corrected chi connectivity index (χ1v) is 8.33. The van der Waals surface area contributed by atoms with E-state index < -0.39 is 16.1 Å². The summed E-state index contributed by atoms with van der Waals surface area (Å²) in [5.41, 5.74) is 0.496. The molecule has 1 unspecified atom stereocenters. The zero-order valence-electron chi connectivity index (χ0n) is 12.3. The van der Waals surface area contributed by atoms with Gasteiger partial charge in [-0.15, -0.1) is 0 Å². The van der Waals surface area contributed by atoms with E-state index in [0.29, 0.717) is 6.42 Å². The van der Waals surface area contributed by atoms with Gasteiger partial charge >= 0.3 is 0 Å². The highest BCUT2D eigenvalue weighted by atomic mass is 35.5. The number of sulfonamides is 1. The summed E-state index contributed by atoms with van der Waals surface area (Å²) in [6.45, 7) is 7.55. The van der Waals surface area contributed by atoms with Gasteiger partial charge in [-0.1, -0.05) is 31.5 Å². The van der Waals surface area contributed by atoms with E-state index in [2.05, 4.69) is 4.72 Å². The van der Waals surface area contributed by atoms with Crippen LogP contribution in [0.25, 0.3) is 0 Å². The van der Waals surface area contributed by atoms with Gasteiger partial charge in [0.2, 0.25) is 10.0 Å². The molecule has 0 radical (unpaired) electrons. The van der Waals surface area contributed by atoms with Gasteiger partial charge in [-0.05, 0) is 43.4 Å². The third-order valence-corrected chi connectivity index (χ3v) is 4.85. The molecule has 1 aromatic rings. The first-order valence-electron chi connectivity index (χ1n) is 6.47. The molecule has 0 aliphatic heterocycles. The Labute approximate surface area is 126 Å². The molecule has 0 saturated heterocycles. The SMILES string of the molecule is Cc1ccc(Cl)c(S(=O)(=O)NCC(C)(C)CC(C)O)c1. The smallest absolute Gasteiger partial charge is 0.242 e. The van der Waals surface area contributed by atoms with Crippen LogP contribution in [0.3, 0.4) is 0 Å². The molecule has 1 aromatic carbocycles. The van der Waals surface area contributed by atoms with Crippen molar-refractivity contribution in [2.45, 2.75) is 45.1 Å². The van der Waals surface area contributed by atoms with E-state index in [4.69, 9.17) is 11.6 Å². The van der Waals surface area contributed by atoms with E-state index in [1.807, 2.05) is 20.8 Å². The quantitative estimate of drug-likeness (QED) is 0.847. The normalized spacial score (nSPS) is 14.3. The van der Waals surface area contributed by atoms with Crippen molar-refractivity contribution in [1.82, 2.24) is 4.72 Å². The topological polar surface area (TPSA) is 66.4 Å². The molecule has 0 bridgehead atoms. The maximum Gasteiger partial charge on any atom is 0.242 e. The number of nitrogens with one attached hydrogen (secondary N) is 1. The molecule has 20 heavy (non-hydrogen) atoms. The summed E-state index contributed by atoms with van der Waals surface area (Å²) in [4.78, 5) is 0.0898. The van der Waals surface area contributed by atoms with Crippen LogP contribution < -0.4 is 4.72 Å². The van der Waals surface area contributed by atoms with Gasteiger partial charge in [-0.2, -0.15) is 0 Å². The van der Waals surface area contributed by atoms with E-state index in [1.54, 1.807) is 25.1 Å². The van der Waals surface area contributed by atoms with Crippen molar-refractivity contribution in [3.05, 3.63) is 28.8 Å². The largest absolute Gasteiger partial charge is 0.393 e. The summed E-state index contributed by atoms with van der Waals surface area (Å²) in [6.07, 6.45) is 0.0360. The molecule has 0 aliphatic carbocycles. The summed E-state index contributed by atoms with van der Waals surface area (Å²) in [5.74, 6) is 0. The van der Waals surface area contributed by atoms with Crippen LogP contribution in [0.15, 0.2) is 23.1 Å². The van der Waals surface area contributed by atoms with Crippen LogP contribution >= 0.6 is 11.6 Å². The standard InChI is InChI=1S/C14H22ClNO3S/c1-10-5-6-12(15)13(7-10)20(18,19)16-9-14(3,4)8-11(2)17/h5-7,11,16-17H,8-9H2,1-4H3. The van der Waals surface area contributed by atoms with Crippen molar-refractivity contribution in [1.29, 1.82) is 0 Å². The molecule has 0 fully saturated rings. The molecule has 114 valence electrons. The molecule has 0 aromatic heterocycles. The van der Waals surface area contributed by atoms with Gasteiger partial charge in [-0.3, -0.25) is 0 Å². The Hall–Kier alpha value is -0.620. The Morgan fingerprint density at radius 2 is 2.00 bits per heavy atom. The Balaban J connectivity index is 2.88. The van der Waals surface area contributed by atoms with E-state index in [1.165, 1.54) is 0 Å². The lowest BCUT2D eigenvalue weighted by Gasteiger charge is -2.26. The van der Waals surface area contributed by atoms with Crippen LogP contribution in [0.5, 0.6) is 0 Å². The third kappa shape index (κ3) is 5.05. The minimum absolute atomic E-state index is 0.0898. The van der Waals surface area contributed by atoms with E-state index >= 15 is 0 Å². The van der Waals surface area contributed by atoms with Crippen LogP contribution in [0.4, 0.5) is 0 Å². The van der Waals surface area contributed by atoms with Crippen LogP contribution in [-0.4, -0.2) is 26.2 Å². The molecule has 6 heteroatoms. The van der Waals surface area contributed by atoms with E-state index in [-0.39, 0.29) is 21.9 Å². The molecule has 0 aliphatic rings. The second kappa shape index (κ2) is 6.43. The fraction of sp³-hybridized carbons (Fsp3) is 0.571. The summed E-state index contributed by atoms with van der Waals surface area (Å²) in [5, 5.41) is 9.62. The minimum atomic E-state index is -3.65. The van der Waals surface area contributed by atoms with Crippen molar-refractivity contribution in [3.8, 4) is 0 Å². The number of hydrogen-bond acceptors (Lipinski definition) is 3. The van der Waals surface area contributed by atoms with E-state index in [9.17, 15) is 13.5 Å². The fourth-order valence-electron chi connectivity index (χ4n) is 2.06. The number of halogens is 1. The van der Waals surface area contributed by atoms with Crippen LogP contribution in [0.2, 0.25) is 5.02 Å². The maximum absolute atomic E-state index is 12.3. The van der Waals surface area contributed by atoms with Gasteiger partial charge in [-0.25, -0.2) is 13.1 Å². The molecule has 1 atom stereocenters. The number of rotatable bonds is 6. The highest BCUT2D eigenvalue weighted by molar-refractivity contribution is 7.89. The van der Waals surface area contributed by atoms with Gasteiger partial charge < -0.3 is 5.11 Å². The summed E-state index contributed by atoms with van der Waals surface area (Å²) in [7, 11) is -3.65. The lowest BCUT2D eigenvalue weighted by Crippen LogP contribution is -2.35. The predicted molar refractivity (Wildman–Crippen MR) is 81.5 cm³/mol. The van der Waals surface area contributed by atoms with Gasteiger partial charge in [0.15, 0.2) is 0 Å². The monoisotopic (exact) mass is 319 g/mol. The lowest BCUT2D eigenvalue weighted by molar-refractivity contribution is 0.131. The lowest BCUT2D eigenvalue weighted by atomic mass is 9.87. The highest BCUT2D eigenvalue weighted by Gasteiger charge is 2.25. The molecule has 2 N–H and O–H groups in total. The van der Waals surface area contributed by atoms with Crippen molar-refractivity contribution in [2.75, 3.05) is 6.54 Å². The van der Waals surface area contributed by atoms with Crippen molar-refractivity contribution >= 4 is 21.6 Å². The molecule has 0 saturated carbocycles. The average Bonchev–Trinajstić information content (AvgIpc) is 2.28. The van der Waals surface area contributed by atoms with Gasteiger partial charge in [0, 0.05) is 6.54 Å². The van der Waals surface area contributed by atoms with E-state index in [0.717, 1.165) is 5.56 Å². The first kappa shape index (κ1) is 17.4. The minimum Gasteiger partial charge on any atom is -0.393 e. The fourth-order valence-corrected chi connectivity index (χ4v) is 3.88. The second-order valence-electron chi connectivity index (χ2n) is 5.98. The maximum atomic E-state index is 12.3. The summed E-state index contributed by atoms with van der Waals surface area (Å²) in [6, 6.07) is 4.89. The number of aliphatic hydroxyl groups is 1. The zero-order valence-corrected chi connectivity index (χ0v) is 13.8. The zero-order chi connectivity index (χ0) is 15.6. The van der Waals surface area contributed by atoms with Gasteiger partial charge in [0.05, 0.1) is 11.1 Å². The first-order chi connectivity index (χ1) is 9.03. The molecule has 4 nitrogen and oxygen atoms in total. The van der Waals surface area contributed by atoms with Crippen molar-refractivity contribution < 1.29 is 13.5 Å². The number of aliphatic hydroxyl groups excluding tert-OH is 1. The van der Waals surface area contributed by atoms with Crippen LogP contribution in [0, 0.1) is 12.3 Å². The Morgan fingerprint density at radius 3 is 2.55 bits per heavy atom. The number of benzene rings is 1. The van der Waals surface area contributed by atoms with Crippen molar-refractivity contribution in [3.63, 3.8) is 0 Å². The molecule has 1 rings (SSSR count). The molecular formula is C14H22ClNO3S. The Morgan fingerprint density at radius 1 is 1.40 bits per heavy atom. The molecule has 0 heterocycles. The van der Waals surface area contributed by atoms with Crippen LogP contribution in [0.1, 0.15) is 32.8 Å². The molecular weight excluding hydrogens is 298 g/mol.